The second kappa shape index (κ2) is 3.81. The van der Waals surface area contributed by atoms with Crippen molar-refractivity contribution in [1.82, 2.24) is 4.90 Å². The van der Waals surface area contributed by atoms with Crippen molar-refractivity contribution < 1.29 is 18.7 Å². The molecule has 0 aromatic heterocycles. The minimum atomic E-state index is -3.16. The van der Waals surface area contributed by atoms with Crippen LogP contribution in [0.4, 0.5) is 8.78 Å². The van der Waals surface area contributed by atoms with Gasteiger partial charge in [-0.15, -0.1) is 0 Å². The molecule has 1 saturated heterocycles. The number of rotatable bonds is 1. The molecule has 0 aliphatic carbocycles. The zero-order valence-electron chi connectivity index (χ0n) is 8.33. The van der Waals surface area contributed by atoms with E-state index in [-0.39, 0.29) is 24.8 Å². The molecule has 82 valence electrons. The first-order valence-electron chi connectivity index (χ1n) is 4.69. The molecule has 1 fully saturated rings. The summed E-state index contributed by atoms with van der Waals surface area (Å²) in [4.78, 5) is 12.5. The van der Waals surface area contributed by atoms with E-state index < -0.39 is 18.6 Å². The number of carbonyl (C=O) groups is 1. The van der Waals surface area contributed by atoms with Crippen molar-refractivity contribution in [2.24, 2.45) is 5.92 Å². The van der Waals surface area contributed by atoms with E-state index in [2.05, 4.69) is 0 Å². The van der Waals surface area contributed by atoms with Crippen molar-refractivity contribution >= 4 is 5.91 Å². The molecular formula is C9H15F2NO2. The lowest BCUT2D eigenvalue weighted by molar-refractivity contribution is -0.167. The third-order valence-electron chi connectivity index (χ3n) is 2.37. The van der Waals surface area contributed by atoms with E-state index in [9.17, 15) is 13.6 Å². The Kier molecular flexibility index (Phi) is 3.09. The maximum absolute atomic E-state index is 13.0. The Balaban J connectivity index is 2.64. The molecule has 0 aromatic rings. The molecule has 0 aromatic carbocycles. The molecular weight excluding hydrogens is 192 g/mol. The molecule has 14 heavy (non-hydrogen) atoms. The number of piperidine rings is 1. The predicted molar refractivity (Wildman–Crippen MR) is 47.0 cm³/mol. The first-order chi connectivity index (χ1) is 6.34. The van der Waals surface area contributed by atoms with Gasteiger partial charge in [-0.05, 0) is 6.42 Å². The van der Waals surface area contributed by atoms with Crippen molar-refractivity contribution in [2.45, 2.75) is 32.3 Å². The third-order valence-corrected chi connectivity index (χ3v) is 2.37. The van der Waals surface area contributed by atoms with E-state index in [4.69, 9.17) is 5.11 Å². The molecule has 1 heterocycles. The van der Waals surface area contributed by atoms with Crippen LogP contribution < -0.4 is 0 Å². The molecule has 1 amide bonds. The Bertz CT molecular complexity index is 231. The number of alkyl halides is 2. The fourth-order valence-corrected chi connectivity index (χ4v) is 1.48. The zero-order chi connectivity index (χ0) is 10.9. The van der Waals surface area contributed by atoms with Gasteiger partial charge in [0.2, 0.25) is 5.91 Å². The van der Waals surface area contributed by atoms with E-state index in [1.165, 1.54) is 0 Å². The average molecular weight is 207 g/mol. The summed E-state index contributed by atoms with van der Waals surface area (Å²) in [5, 5.41) is 8.99. The summed E-state index contributed by atoms with van der Waals surface area (Å²) in [6.07, 6.45) is -1.66. The van der Waals surface area contributed by atoms with E-state index in [1.54, 1.807) is 13.8 Å². The first-order valence-corrected chi connectivity index (χ1v) is 4.69. The van der Waals surface area contributed by atoms with E-state index >= 15 is 0 Å². The van der Waals surface area contributed by atoms with Crippen LogP contribution in [0.25, 0.3) is 0 Å². The Morgan fingerprint density at radius 2 is 2.14 bits per heavy atom. The topological polar surface area (TPSA) is 40.5 Å². The van der Waals surface area contributed by atoms with Gasteiger partial charge in [0.15, 0.2) is 0 Å². The van der Waals surface area contributed by atoms with Gasteiger partial charge >= 0.3 is 0 Å². The van der Waals surface area contributed by atoms with Crippen molar-refractivity contribution in [3.63, 3.8) is 0 Å². The molecule has 0 spiro atoms. The third kappa shape index (κ3) is 2.20. The second-order valence-electron chi connectivity index (χ2n) is 3.98. The number of carbonyl (C=O) groups excluding carboxylic acids is 1. The minimum Gasteiger partial charge on any atom is -0.387 e. The minimum absolute atomic E-state index is 0.0501. The number of aliphatic hydroxyl groups is 1. The number of halogens is 2. The van der Waals surface area contributed by atoms with E-state index in [1.807, 2.05) is 0 Å². The Morgan fingerprint density at radius 1 is 1.57 bits per heavy atom. The highest BCUT2D eigenvalue weighted by atomic mass is 19.3. The Hall–Kier alpha value is -0.710. The highest BCUT2D eigenvalue weighted by Gasteiger charge is 2.45. The number of aliphatic hydroxyl groups excluding tert-OH is 1. The van der Waals surface area contributed by atoms with Gasteiger partial charge in [-0.25, -0.2) is 8.78 Å². The molecule has 1 atom stereocenters. The van der Waals surface area contributed by atoms with Crippen LogP contribution >= 0.6 is 0 Å². The monoisotopic (exact) mass is 207 g/mol. The molecule has 0 saturated carbocycles. The zero-order valence-corrected chi connectivity index (χ0v) is 8.33. The fraction of sp³-hybridized carbons (Fsp3) is 0.889. The Labute approximate surface area is 81.7 Å². The number of likely N-dealkylation sites (tertiary alicyclic amines) is 1. The van der Waals surface area contributed by atoms with Crippen LogP contribution in [0.15, 0.2) is 0 Å². The smallest absolute Gasteiger partial charge is 0.290 e. The number of hydrogen-bond acceptors (Lipinski definition) is 2. The van der Waals surface area contributed by atoms with Gasteiger partial charge in [0.25, 0.3) is 5.92 Å². The van der Waals surface area contributed by atoms with Gasteiger partial charge < -0.3 is 10.0 Å². The van der Waals surface area contributed by atoms with E-state index in [0.717, 1.165) is 4.90 Å². The normalized spacial score (nSPS) is 26.7. The van der Waals surface area contributed by atoms with Crippen LogP contribution in [0.3, 0.4) is 0 Å². The SMILES string of the molecule is CC(C)C(=O)N1CCC(O)C(F)(F)C1. The highest BCUT2D eigenvalue weighted by Crippen LogP contribution is 2.27. The molecule has 5 heteroatoms. The summed E-state index contributed by atoms with van der Waals surface area (Å²) in [5.74, 6) is -3.72. The van der Waals surface area contributed by atoms with Crippen molar-refractivity contribution in [1.29, 1.82) is 0 Å². The number of nitrogens with zero attached hydrogens (tertiary/aromatic N) is 1. The average Bonchev–Trinajstić information content (AvgIpc) is 2.08. The standard InChI is InChI=1S/C9H15F2NO2/c1-6(2)8(14)12-4-3-7(13)9(10,11)5-12/h6-7,13H,3-5H2,1-2H3. The van der Waals surface area contributed by atoms with Crippen LogP contribution in [-0.4, -0.2) is 41.0 Å². The molecule has 0 radical (unpaired) electrons. The summed E-state index contributed by atoms with van der Waals surface area (Å²) in [5.41, 5.74) is 0. The van der Waals surface area contributed by atoms with Crippen LogP contribution in [0, 0.1) is 5.92 Å². The molecule has 3 nitrogen and oxygen atoms in total. The van der Waals surface area contributed by atoms with E-state index in [0.29, 0.717) is 0 Å². The molecule has 1 N–H and O–H groups in total. The van der Waals surface area contributed by atoms with Crippen molar-refractivity contribution in [2.75, 3.05) is 13.1 Å². The summed E-state index contributed by atoms with van der Waals surface area (Å²) >= 11 is 0. The van der Waals surface area contributed by atoms with Crippen LogP contribution in [0.2, 0.25) is 0 Å². The van der Waals surface area contributed by atoms with Crippen LogP contribution in [0.1, 0.15) is 20.3 Å². The van der Waals surface area contributed by atoms with Gasteiger partial charge in [0.05, 0.1) is 6.54 Å². The quantitative estimate of drug-likeness (QED) is 0.693. The lowest BCUT2D eigenvalue weighted by Crippen LogP contribution is -2.54. The van der Waals surface area contributed by atoms with Crippen molar-refractivity contribution in [3.8, 4) is 0 Å². The summed E-state index contributed by atoms with van der Waals surface area (Å²) in [7, 11) is 0. The maximum atomic E-state index is 13.0. The molecule has 1 unspecified atom stereocenters. The maximum Gasteiger partial charge on any atom is 0.290 e. The van der Waals surface area contributed by atoms with Gasteiger partial charge in [-0.2, -0.15) is 0 Å². The predicted octanol–water partition coefficient (Wildman–Crippen LogP) is 0.871. The molecule has 1 rings (SSSR count). The molecule has 0 bridgehead atoms. The van der Waals surface area contributed by atoms with Gasteiger partial charge in [-0.1, -0.05) is 13.8 Å². The second-order valence-corrected chi connectivity index (χ2v) is 3.98. The van der Waals surface area contributed by atoms with Gasteiger partial charge in [-0.3, -0.25) is 4.79 Å². The van der Waals surface area contributed by atoms with Crippen LogP contribution in [-0.2, 0) is 4.79 Å². The number of amides is 1. The summed E-state index contributed by atoms with van der Waals surface area (Å²) in [6.45, 7) is 2.90. The summed E-state index contributed by atoms with van der Waals surface area (Å²) < 4.78 is 26.1. The molecule has 1 aliphatic rings. The fourth-order valence-electron chi connectivity index (χ4n) is 1.48. The first kappa shape index (κ1) is 11.4. The van der Waals surface area contributed by atoms with Crippen LogP contribution in [0.5, 0.6) is 0 Å². The van der Waals surface area contributed by atoms with Gasteiger partial charge in [0.1, 0.15) is 6.10 Å². The van der Waals surface area contributed by atoms with Crippen molar-refractivity contribution in [3.05, 3.63) is 0 Å². The highest BCUT2D eigenvalue weighted by molar-refractivity contribution is 5.78. The summed E-state index contributed by atoms with van der Waals surface area (Å²) in [6, 6.07) is 0. The number of hydrogen-bond donors (Lipinski definition) is 1. The Morgan fingerprint density at radius 3 is 2.57 bits per heavy atom. The lowest BCUT2D eigenvalue weighted by atomic mass is 10.0. The lowest BCUT2D eigenvalue weighted by Gasteiger charge is -2.36. The molecule has 1 aliphatic heterocycles. The van der Waals surface area contributed by atoms with Gasteiger partial charge in [0, 0.05) is 12.5 Å². The largest absolute Gasteiger partial charge is 0.387 e.